The minimum atomic E-state index is -4.66. The molecule has 2 aliphatic heterocycles. The van der Waals surface area contributed by atoms with E-state index in [-0.39, 0.29) is 47.8 Å². The largest absolute Gasteiger partial charge is 0.496 e. The van der Waals surface area contributed by atoms with Crippen molar-refractivity contribution in [3.05, 3.63) is 88.7 Å². The van der Waals surface area contributed by atoms with E-state index in [1.54, 1.807) is 46.6 Å². The number of likely N-dealkylation sites (tertiary alicyclic amines) is 1. The van der Waals surface area contributed by atoms with Crippen molar-refractivity contribution in [3.8, 4) is 5.75 Å². The minimum Gasteiger partial charge on any atom is -0.496 e. The molecule has 1 aliphatic carbocycles. The van der Waals surface area contributed by atoms with Crippen LogP contribution in [0.1, 0.15) is 113 Å². The molecule has 4 aromatic rings. The normalized spacial score (nSPS) is 19.1. The van der Waals surface area contributed by atoms with Crippen molar-refractivity contribution in [2.75, 3.05) is 70.2 Å². The van der Waals surface area contributed by atoms with Crippen LogP contribution in [0.5, 0.6) is 5.75 Å². The zero-order valence-electron chi connectivity index (χ0n) is 40.1. The molecule has 7 rings (SSSR count). The van der Waals surface area contributed by atoms with Crippen molar-refractivity contribution in [2.24, 2.45) is 5.92 Å². The minimum absolute atomic E-state index is 0.0478. The van der Waals surface area contributed by atoms with E-state index in [2.05, 4.69) is 20.5 Å². The molecule has 1 aromatic heterocycles. The lowest BCUT2D eigenvalue weighted by Crippen LogP contribution is -2.50. The number of amides is 3. The van der Waals surface area contributed by atoms with Crippen molar-refractivity contribution >= 4 is 40.5 Å². The molecule has 1 saturated carbocycles. The van der Waals surface area contributed by atoms with Gasteiger partial charge < -0.3 is 34.1 Å². The highest BCUT2D eigenvalue weighted by Crippen LogP contribution is 2.43. The molecule has 3 aliphatic rings. The van der Waals surface area contributed by atoms with E-state index < -0.39 is 29.5 Å². The van der Waals surface area contributed by atoms with Gasteiger partial charge in [0.05, 0.1) is 30.3 Å². The number of anilines is 2. The van der Waals surface area contributed by atoms with E-state index in [9.17, 15) is 27.6 Å². The van der Waals surface area contributed by atoms with Crippen LogP contribution in [-0.4, -0.2) is 114 Å². The second-order valence-electron chi connectivity index (χ2n) is 19.2. The summed E-state index contributed by atoms with van der Waals surface area (Å²) in [5, 5.41) is 6.48. The predicted molar refractivity (Wildman–Crippen MR) is 254 cm³/mol. The van der Waals surface area contributed by atoms with Gasteiger partial charge in [0.15, 0.2) is 0 Å². The Morgan fingerprint density at radius 1 is 0.853 bits per heavy atom. The number of alkyl halides is 3. The van der Waals surface area contributed by atoms with Gasteiger partial charge in [-0.3, -0.25) is 15.0 Å². The average molecular weight is 946 g/mol. The first-order valence-corrected chi connectivity index (χ1v) is 23.9. The third kappa shape index (κ3) is 13.5. The molecule has 0 spiro atoms. The molecular weight excluding hydrogens is 880 g/mol. The second kappa shape index (κ2) is 22.2. The van der Waals surface area contributed by atoms with Crippen LogP contribution in [-0.2, 0) is 31.8 Å². The van der Waals surface area contributed by atoms with Gasteiger partial charge in [0.25, 0.3) is 0 Å². The number of aromatic nitrogens is 2. The number of halogens is 3. The molecule has 0 unspecified atom stereocenters. The molecule has 3 fully saturated rings. The van der Waals surface area contributed by atoms with Crippen molar-refractivity contribution in [1.82, 2.24) is 24.7 Å². The van der Waals surface area contributed by atoms with Crippen molar-refractivity contribution in [1.29, 1.82) is 0 Å². The first kappa shape index (κ1) is 50.2. The Morgan fingerprint density at radius 2 is 1.56 bits per heavy atom. The summed E-state index contributed by atoms with van der Waals surface area (Å²) in [4.78, 5) is 54.4. The number of fused-ring (bicyclic) bond motifs is 1. The number of hydrogen-bond donors (Lipinski definition) is 2. The quantitative estimate of drug-likeness (QED) is 0.116. The number of ether oxygens (including phenoxy) is 4. The zero-order valence-corrected chi connectivity index (χ0v) is 40.1. The maximum Gasteiger partial charge on any atom is 0.416 e. The Balaban J connectivity index is 0.885. The molecule has 68 heavy (non-hydrogen) atoms. The number of carbonyl (C=O) groups excluding carboxylic acids is 3. The molecule has 17 heteroatoms. The van der Waals surface area contributed by atoms with Crippen LogP contribution in [0.25, 0.3) is 10.9 Å². The highest BCUT2D eigenvalue weighted by molar-refractivity contribution is 5.91. The molecule has 2 N–H and O–H groups in total. The summed E-state index contributed by atoms with van der Waals surface area (Å²) in [5.41, 5.74) is 1.04. The molecule has 2 saturated heterocycles. The number of piperidine rings is 1. The maximum absolute atomic E-state index is 14.1. The standard InChI is InChI=1S/C51H66F3N7O7/c1-33(38-27-39(51(52,53)54)29-40(28-38)58-48(63)68-50(3,4)5)55-46-43-30-42(45(65-6)31-44(43)56-34(2)57-46)36-13-15-37(16-14-36)47(62)60-24-22-59(23-25-60)19-10-26-66-41-17-20-61(21-18-41)49(64)67-32-35-11-8-7-9-12-35/h7-9,11-12,27-31,33,36-37,41H,10,13-26,32H2,1-6H3,(H,58,63)(H,55,56,57)/t33-,36?,37?/m1/s1. The number of rotatable bonds is 14. The van der Waals surface area contributed by atoms with E-state index in [0.29, 0.717) is 61.1 Å². The molecule has 368 valence electrons. The van der Waals surface area contributed by atoms with Gasteiger partial charge in [0.2, 0.25) is 5.91 Å². The fraction of sp³-hybridized carbons (Fsp3) is 0.549. The molecule has 0 bridgehead atoms. The SMILES string of the molecule is COc1cc2nc(C)nc(N[C@H](C)c3cc(NC(=O)OC(C)(C)C)cc(C(F)(F)F)c3)c2cc1C1CCC(C(=O)N2CCN(CCCOC3CCN(C(=O)OCc4ccccc4)CC3)CC2)CC1. The van der Waals surface area contributed by atoms with Crippen LogP contribution in [0.15, 0.2) is 60.7 Å². The third-order valence-corrected chi connectivity index (χ3v) is 13.0. The summed E-state index contributed by atoms with van der Waals surface area (Å²) >= 11 is 0. The number of nitrogens with zero attached hydrogens (tertiary/aromatic N) is 5. The molecule has 3 heterocycles. The van der Waals surface area contributed by atoms with Crippen LogP contribution >= 0.6 is 0 Å². The van der Waals surface area contributed by atoms with Gasteiger partial charge >= 0.3 is 18.4 Å². The lowest BCUT2D eigenvalue weighted by atomic mass is 9.77. The molecule has 3 amide bonds. The van der Waals surface area contributed by atoms with E-state index in [4.69, 9.17) is 23.9 Å². The highest BCUT2D eigenvalue weighted by Gasteiger charge is 2.34. The summed E-state index contributed by atoms with van der Waals surface area (Å²) in [7, 11) is 1.62. The van der Waals surface area contributed by atoms with E-state index >= 15 is 0 Å². The number of nitrogens with one attached hydrogen (secondary N) is 2. The van der Waals surface area contributed by atoms with Crippen LogP contribution in [0, 0.1) is 12.8 Å². The first-order valence-electron chi connectivity index (χ1n) is 23.9. The smallest absolute Gasteiger partial charge is 0.416 e. The van der Waals surface area contributed by atoms with Gasteiger partial charge in [-0.1, -0.05) is 30.3 Å². The second-order valence-corrected chi connectivity index (χ2v) is 19.2. The van der Waals surface area contributed by atoms with Crippen molar-refractivity contribution < 1.29 is 46.5 Å². The van der Waals surface area contributed by atoms with Gasteiger partial charge in [-0.15, -0.1) is 0 Å². The molecular formula is C51H66F3N7O7. The van der Waals surface area contributed by atoms with E-state index in [1.165, 1.54) is 6.07 Å². The lowest BCUT2D eigenvalue weighted by Gasteiger charge is -2.38. The number of carbonyl (C=O) groups is 3. The van der Waals surface area contributed by atoms with Gasteiger partial charge in [-0.05, 0) is 126 Å². The summed E-state index contributed by atoms with van der Waals surface area (Å²) in [5.74, 6) is 1.88. The Bertz CT molecular complexity index is 2360. The van der Waals surface area contributed by atoms with Crippen molar-refractivity contribution in [3.63, 3.8) is 0 Å². The van der Waals surface area contributed by atoms with Crippen LogP contribution in [0.3, 0.4) is 0 Å². The molecule has 1 atom stereocenters. The Hall–Kier alpha value is -5.68. The van der Waals surface area contributed by atoms with Gasteiger partial charge in [0.1, 0.15) is 29.6 Å². The molecule has 14 nitrogen and oxygen atoms in total. The number of methoxy groups -OCH3 is 1. The topological polar surface area (TPSA) is 148 Å². The highest BCUT2D eigenvalue weighted by atomic mass is 19.4. The van der Waals surface area contributed by atoms with Gasteiger partial charge in [-0.25, -0.2) is 19.6 Å². The number of aryl methyl sites for hydroxylation is 1. The summed E-state index contributed by atoms with van der Waals surface area (Å²) in [6, 6.07) is 16.3. The average Bonchev–Trinajstić information content (AvgIpc) is 3.31. The summed E-state index contributed by atoms with van der Waals surface area (Å²) in [6.45, 7) is 14.6. The van der Waals surface area contributed by atoms with Crippen LogP contribution < -0.4 is 15.4 Å². The fourth-order valence-electron chi connectivity index (χ4n) is 9.40. The monoisotopic (exact) mass is 945 g/mol. The molecule has 3 aromatic carbocycles. The third-order valence-electron chi connectivity index (χ3n) is 13.0. The first-order chi connectivity index (χ1) is 32.4. The fourth-order valence-corrected chi connectivity index (χ4v) is 9.40. The van der Waals surface area contributed by atoms with Crippen LogP contribution in [0.2, 0.25) is 0 Å². The number of hydrogen-bond acceptors (Lipinski definition) is 11. The Kier molecular flexibility index (Phi) is 16.4. The zero-order chi connectivity index (χ0) is 48.6. The number of benzene rings is 3. The van der Waals surface area contributed by atoms with E-state index in [1.807, 2.05) is 47.4 Å². The van der Waals surface area contributed by atoms with Crippen LogP contribution in [0.4, 0.5) is 34.3 Å². The lowest BCUT2D eigenvalue weighted by molar-refractivity contribution is -0.139. The van der Waals surface area contributed by atoms with E-state index in [0.717, 1.165) is 87.8 Å². The van der Waals surface area contributed by atoms with Gasteiger partial charge in [0, 0.05) is 75.5 Å². The van der Waals surface area contributed by atoms with Crippen molar-refractivity contribution in [2.45, 2.75) is 116 Å². The van der Waals surface area contributed by atoms with Gasteiger partial charge in [-0.2, -0.15) is 13.2 Å². The molecule has 0 radical (unpaired) electrons. The Morgan fingerprint density at radius 3 is 2.22 bits per heavy atom. The Labute approximate surface area is 397 Å². The maximum atomic E-state index is 14.1. The summed E-state index contributed by atoms with van der Waals surface area (Å²) in [6.07, 6.45) is -0.0981. The predicted octanol–water partition coefficient (Wildman–Crippen LogP) is 10.1. The number of piperazine rings is 1. The summed E-state index contributed by atoms with van der Waals surface area (Å²) < 4.78 is 65.2.